The van der Waals surface area contributed by atoms with E-state index < -0.39 is 33.5 Å². The molecule has 1 aliphatic rings. The van der Waals surface area contributed by atoms with Gasteiger partial charge in [0.1, 0.15) is 0 Å². The van der Waals surface area contributed by atoms with Gasteiger partial charge in [0, 0.05) is 28.5 Å². The fraction of sp³-hybridized carbons (Fsp3) is 0.355. The molecule has 0 radical (unpaired) electrons. The lowest BCUT2D eigenvalue weighted by molar-refractivity contribution is -0.160. The van der Waals surface area contributed by atoms with Gasteiger partial charge in [0.25, 0.3) is 0 Å². The summed E-state index contributed by atoms with van der Waals surface area (Å²) in [6, 6.07) is 20.0. The van der Waals surface area contributed by atoms with Gasteiger partial charge in [0.2, 0.25) is 15.9 Å². The molecule has 3 aromatic rings. The van der Waals surface area contributed by atoms with E-state index in [1.165, 1.54) is 0 Å². The normalized spacial score (nSPS) is 22.0. The first kappa shape index (κ1) is 31.0. The first-order valence-electron chi connectivity index (χ1n) is 13.5. The molecule has 1 fully saturated rings. The summed E-state index contributed by atoms with van der Waals surface area (Å²) < 4.78 is 29.1. The summed E-state index contributed by atoms with van der Waals surface area (Å²) in [6.07, 6.45) is 0.337. The smallest absolute Gasteiger partial charge is 0.304 e. The number of sulfonamides is 1. The van der Waals surface area contributed by atoms with Gasteiger partial charge in [0.15, 0.2) is 0 Å². The van der Waals surface area contributed by atoms with Gasteiger partial charge in [-0.05, 0) is 67.3 Å². The number of piperidine rings is 1. The lowest BCUT2D eigenvalue weighted by Gasteiger charge is -2.52. The second kappa shape index (κ2) is 12.5. The fourth-order valence-corrected chi connectivity index (χ4v) is 7.12. The number of nitrogens with zero attached hydrogens (tertiary/aromatic N) is 1. The molecule has 1 unspecified atom stereocenters. The molecule has 4 rings (SSSR count). The zero-order valence-corrected chi connectivity index (χ0v) is 25.5. The van der Waals surface area contributed by atoms with Gasteiger partial charge >= 0.3 is 5.97 Å². The van der Waals surface area contributed by atoms with E-state index in [1.54, 1.807) is 54.3 Å². The third-order valence-corrected chi connectivity index (χ3v) is 9.76. The Morgan fingerprint density at radius 3 is 2.29 bits per heavy atom. The van der Waals surface area contributed by atoms with Crippen LogP contribution in [0, 0.1) is 12.3 Å². The third kappa shape index (κ3) is 6.95. The van der Waals surface area contributed by atoms with Crippen LogP contribution >= 0.6 is 23.2 Å². The second-order valence-corrected chi connectivity index (χ2v) is 13.6. The van der Waals surface area contributed by atoms with E-state index in [0.717, 1.165) is 16.7 Å². The number of carboxylic acid groups (broad SMARTS) is 1. The molecule has 218 valence electrons. The number of hydrogen-bond acceptors (Lipinski definition) is 4. The number of carbonyl (C=O) groups is 2. The summed E-state index contributed by atoms with van der Waals surface area (Å²) in [7, 11) is -3.86. The van der Waals surface area contributed by atoms with Gasteiger partial charge in [-0.15, -0.1) is 0 Å². The topological polar surface area (TPSA) is 104 Å². The minimum Gasteiger partial charge on any atom is -0.481 e. The van der Waals surface area contributed by atoms with E-state index in [-0.39, 0.29) is 36.1 Å². The van der Waals surface area contributed by atoms with Gasteiger partial charge in [-0.25, -0.2) is 13.1 Å². The van der Waals surface area contributed by atoms with E-state index in [2.05, 4.69) is 4.72 Å². The lowest BCUT2D eigenvalue weighted by atomic mass is 9.67. The van der Waals surface area contributed by atoms with Gasteiger partial charge in [-0.2, -0.15) is 0 Å². The summed E-state index contributed by atoms with van der Waals surface area (Å²) in [5, 5.41) is 10.9. The van der Waals surface area contributed by atoms with Crippen molar-refractivity contribution in [2.24, 2.45) is 5.41 Å². The molecule has 1 aliphatic heterocycles. The third-order valence-electron chi connectivity index (χ3n) is 7.84. The van der Waals surface area contributed by atoms with Crippen LogP contribution < -0.4 is 4.72 Å². The molecule has 0 bridgehead atoms. The molecule has 1 saturated heterocycles. The number of rotatable bonds is 10. The first-order valence-corrected chi connectivity index (χ1v) is 15.7. The Labute approximate surface area is 251 Å². The number of hydrogen-bond donors (Lipinski definition) is 2. The predicted molar refractivity (Wildman–Crippen MR) is 161 cm³/mol. The number of likely N-dealkylation sites (tertiary alicyclic amines) is 1. The Hall–Kier alpha value is -2.91. The van der Waals surface area contributed by atoms with Crippen molar-refractivity contribution in [3.05, 3.63) is 99.5 Å². The predicted octanol–water partition coefficient (Wildman–Crippen LogP) is 6.60. The van der Waals surface area contributed by atoms with Crippen LogP contribution in [0.2, 0.25) is 10.0 Å². The molecular weight excluding hydrogens is 583 g/mol. The summed E-state index contributed by atoms with van der Waals surface area (Å²) >= 11 is 12.6. The largest absolute Gasteiger partial charge is 0.481 e. The molecule has 2 N–H and O–H groups in total. The number of carboxylic acids is 1. The van der Waals surface area contributed by atoms with Gasteiger partial charge in [0.05, 0.1) is 22.8 Å². The molecule has 7 nitrogen and oxygen atoms in total. The Morgan fingerprint density at radius 1 is 1.05 bits per heavy atom. The molecule has 41 heavy (non-hydrogen) atoms. The highest BCUT2D eigenvalue weighted by molar-refractivity contribution is 7.89. The number of nitrogens with one attached hydrogen (secondary N) is 1. The van der Waals surface area contributed by atoms with E-state index >= 15 is 0 Å². The highest BCUT2D eigenvalue weighted by Crippen LogP contribution is 2.52. The molecule has 4 atom stereocenters. The number of aryl methyl sites for hydroxylation is 1. The maximum Gasteiger partial charge on any atom is 0.304 e. The van der Waals surface area contributed by atoms with Crippen LogP contribution in [0.3, 0.4) is 0 Å². The van der Waals surface area contributed by atoms with Crippen molar-refractivity contribution < 1.29 is 23.1 Å². The zero-order valence-electron chi connectivity index (χ0n) is 23.2. The monoisotopic (exact) mass is 616 g/mol. The summed E-state index contributed by atoms with van der Waals surface area (Å²) in [4.78, 5) is 28.2. The highest BCUT2D eigenvalue weighted by atomic mass is 35.5. The SMILES string of the molecule is CCC(CNS(=O)(=O)c1ccc(C)cc1)N1C(=O)[C@@](C)(CC(=O)O)C[C@H](c2cccc(Cl)c2)[C@H]1c1ccc(Cl)cc1. The molecule has 3 aromatic carbocycles. The van der Waals surface area contributed by atoms with Crippen LogP contribution in [0.1, 0.15) is 61.8 Å². The summed E-state index contributed by atoms with van der Waals surface area (Å²) in [5.74, 6) is -1.73. The quantitative estimate of drug-likeness (QED) is 0.267. The maximum absolute atomic E-state index is 14.3. The number of aliphatic carboxylic acids is 1. The van der Waals surface area contributed by atoms with Crippen molar-refractivity contribution in [2.75, 3.05) is 6.54 Å². The van der Waals surface area contributed by atoms with Gasteiger partial charge in [-0.3, -0.25) is 9.59 Å². The molecule has 1 heterocycles. The van der Waals surface area contributed by atoms with Crippen molar-refractivity contribution in [1.82, 2.24) is 9.62 Å². The molecule has 0 aliphatic carbocycles. The maximum atomic E-state index is 14.3. The Kier molecular flexibility index (Phi) is 9.49. The molecule has 10 heteroatoms. The van der Waals surface area contributed by atoms with Crippen LogP contribution in [0.5, 0.6) is 0 Å². The molecule has 0 aromatic heterocycles. The molecular formula is C31H34Cl2N2O5S. The highest BCUT2D eigenvalue weighted by Gasteiger charge is 2.52. The number of halogens is 2. The fourth-order valence-electron chi connectivity index (χ4n) is 5.73. The van der Waals surface area contributed by atoms with E-state index in [4.69, 9.17) is 23.2 Å². The van der Waals surface area contributed by atoms with Crippen molar-refractivity contribution in [3.63, 3.8) is 0 Å². The van der Waals surface area contributed by atoms with Crippen LogP contribution in [-0.4, -0.2) is 42.9 Å². The first-order chi connectivity index (χ1) is 19.3. The van der Waals surface area contributed by atoms with Crippen molar-refractivity contribution in [1.29, 1.82) is 0 Å². The van der Waals surface area contributed by atoms with Gasteiger partial charge in [-0.1, -0.05) is 79.0 Å². The van der Waals surface area contributed by atoms with Crippen LogP contribution in [0.15, 0.2) is 77.7 Å². The molecule has 0 saturated carbocycles. The van der Waals surface area contributed by atoms with Gasteiger partial charge < -0.3 is 10.0 Å². The van der Waals surface area contributed by atoms with E-state index in [0.29, 0.717) is 16.5 Å². The van der Waals surface area contributed by atoms with Crippen molar-refractivity contribution >= 4 is 45.1 Å². The Balaban J connectivity index is 1.81. The Bertz CT molecular complexity index is 1510. The summed E-state index contributed by atoms with van der Waals surface area (Å²) in [5.41, 5.74) is 1.38. The minimum absolute atomic E-state index is 0.0477. The number of amides is 1. The van der Waals surface area contributed by atoms with Crippen molar-refractivity contribution in [3.8, 4) is 0 Å². The van der Waals surface area contributed by atoms with E-state index in [1.807, 2.05) is 44.2 Å². The summed E-state index contributed by atoms with van der Waals surface area (Å²) in [6.45, 7) is 5.39. The lowest BCUT2D eigenvalue weighted by Crippen LogP contribution is -2.58. The molecule has 0 spiro atoms. The average molecular weight is 618 g/mol. The minimum atomic E-state index is -3.86. The second-order valence-electron chi connectivity index (χ2n) is 10.9. The number of carbonyl (C=O) groups excluding carboxylic acids is 1. The standard InChI is InChI=1S/C31H34Cl2N2O5S/c1-4-25(19-34-41(39,40)26-14-8-20(2)9-15-26)35-29(21-10-12-23(32)13-11-21)27(22-6-5-7-24(33)16-22)17-31(3,30(35)38)18-28(36)37/h5-16,25,27,29,34H,4,17-19H2,1-3H3,(H,36,37)/t25?,27-,29-,31-/m1/s1. The zero-order chi connectivity index (χ0) is 29.9. The van der Waals surface area contributed by atoms with E-state index in [9.17, 15) is 23.1 Å². The number of benzene rings is 3. The molecule has 1 amide bonds. The van der Waals surface area contributed by atoms with Crippen LogP contribution in [0.25, 0.3) is 0 Å². The van der Waals surface area contributed by atoms with Crippen LogP contribution in [-0.2, 0) is 19.6 Å². The average Bonchev–Trinajstić information content (AvgIpc) is 2.91. The van der Waals surface area contributed by atoms with Crippen molar-refractivity contribution in [2.45, 2.75) is 62.9 Å². The van der Waals surface area contributed by atoms with Crippen LogP contribution in [0.4, 0.5) is 0 Å². The Morgan fingerprint density at radius 2 is 1.71 bits per heavy atom.